The zero-order chi connectivity index (χ0) is 57.7. The largest absolute Gasteiger partial charge is 0.457 e. The number of aromatic nitrogens is 2. The Morgan fingerprint density at radius 3 is 1.61 bits per heavy atom. The number of fused-ring (bicyclic) bond motifs is 7. The third-order valence-corrected chi connectivity index (χ3v) is 17.6. The van der Waals surface area contributed by atoms with E-state index in [9.17, 15) is 0 Å². The number of benzene rings is 10. The molecule has 0 saturated heterocycles. The number of para-hydroxylation sites is 3. The van der Waals surface area contributed by atoms with Gasteiger partial charge in [-0.2, -0.15) is 0 Å². The third kappa shape index (κ3) is 8.71. The molecule has 1 aliphatic heterocycles. The van der Waals surface area contributed by atoms with Gasteiger partial charge in [0.15, 0.2) is 0 Å². The van der Waals surface area contributed by atoms with E-state index in [-0.39, 0.29) is 16.2 Å². The van der Waals surface area contributed by atoms with Crippen molar-refractivity contribution in [2.24, 2.45) is 0 Å². The number of ether oxygens (including phenoxy) is 1. The Morgan fingerprint density at radius 2 is 0.988 bits per heavy atom. The fourth-order valence-corrected chi connectivity index (χ4v) is 13.4. The highest BCUT2D eigenvalue weighted by molar-refractivity contribution is 6.10. The summed E-state index contributed by atoms with van der Waals surface area (Å²) in [7, 11) is 0. The Bertz CT molecular complexity index is 4390. The van der Waals surface area contributed by atoms with Crippen LogP contribution in [0.15, 0.2) is 249 Å². The van der Waals surface area contributed by atoms with Crippen LogP contribution in [0.5, 0.6) is 11.5 Å². The molecule has 0 radical (unpaired) electrons. The van der Waals surface area contributed by atoms with Crippen LogP contribution in [-0.4, -0.2) is 16.2 Å². The van der Waals surface area contributed by atoms with E-state index >= 15 is 0 Å². The topological polar surface area (TPSA) is 33.5 Å². The summed E-state index contributed by atoms with van der Waals surface area (Å²) in [5.41, 5.74) is 21.7. The SMILES string of the molecule is CC(C)(C)c1ccc(C2(c3ccnc(-n4c5ccccc5c5cc(C(C)(C)C)c(Oc6cccc(N7CN(c8c(-c9ccccc9)cc(C(C)(C)C)cc8-c8ccccc8)c8ccccc87)c6)cc54)c3)c3ccccc3-c3ccccc32)cc1. The molecule has 0 unspecified atom stereocenters. The second-order valence-corrected chi connectivity index (χ2v) is 26.0. The molecule has 10 aromatic carbocycles. The van der Waals surface area contributed by atoms with E-state index in [1.807, 2.05) is 6.20 Å². The second-order valence-electron chi connectivity index (χ2n) is 26.0. The average molecular weight is 1090 g/mol. The molecule has 2 aromatic heterocycles. The Hall–Kier alpha value is -9.45. The van der Waals surface area contributed by atoms with E-state index < -0.39 is 5.41 Å². The lowest BCUT2D eigenvalue weighted by atomic mass is 9.67. The van der Waals surface area contributed by atoms with Crippen LogP contribution in [0, 0.1) is 0 Å². The van der Waals surface area contributed by atoms with Crippen molar-refractivity contribution in [3.8, 4) is 50.7 Å². The van der Waals surface area contributed by atoms with E-state index in [1.54, 1.807) is 0 Å². The van der Waals surface area contributed by atoms with Crippen molar-refractivity contribution < 1.29 is 4.74 Å². The lowest BCUT2D eigenvalue weighted by molar-refractivity contribution is 0.456. The van der Waals surface area contributed by atoms with Crippen LogP contribution >= 0.6 is 0 Å². The maximum Gasteiger partial charge on any atom is 0.137 e. The molecule has 0 atom stereocenters. The molecule has 412 valence electrons. The molecular weight excluding hydrogens is 1020 g/mol. The van der Waals surface area contributed by atoms with Gasteiger partial charge in [0.1, 0.15) is 24.0 Å². The number of rotatable bonds is 9. The number of anilines is 4. The van der Waals surface area contributed by atoms with Crippen LogP contribution < -0.4 is 14.5 Å². The van der Waals surface area contributed by atoms with Gasteiger partial charge >= 0.3 is 0 Å². The zero-order valence-electron chi connectivity index (χ0n) is 49.6. The summed E-state index contributed by atoms with van der Waals surface area (Å²) >= 11 is 0. The van der Waals surface area contributed by atoms with Crippen molar-refractivity contribution in [2.45, 2.75) is 84.0 Å². The van der Waals surface area contributed by atoms with E-state index in [4.69, 9.17) is 9.72 Å². The van der Waals surface area contributed by atoms with Gasteiger partial charge in [-0.1, -0.05) is 232 Å². The molecule has 0 amide bonds. The fourth-order valence-electron chi connectivity index (χ4n) is 13.4. The highest BCUT2D eigenvalue weighted by Crippen LogP contribution is 2.57. The van der Waals surface area contributed by atoms with Crippen molar-refractivity contribution >= 4 is 44.6 Å². The number of hydrogen-bond donors (Lipinski definition) is 0. The minimum Gasteiger partial charge on any atom is -0.457 e. The first-order valence-corrected chi connectivity index (χ1v) is 29.6. The van der Waals surface area contributed by atoms with Gasteiger partial charge in [-0.25, -0.2) is 4.98 Å². The van der Waals surface area contributed by atoms with E-state index in [0.29, 0.717) is 6.67 Å². The quantitative estimate of drug-likeness (QED) is 0.144. The molecule has 1 aliphatic carbocycles. The predicted molar refractivity (Wildman–Crippen MR) is 351 cm³/mol. The maximum absolute atomic E-state index is 7.35. The molecule has 0 bridgehead atoms. The fraction of sp³-hybridized carbons (Fsp3) is 0.177. The van der Waals surface area contributed by atoms with Gasteiger partial charge in [-0.15, -0.1) is 0 Å². The zero-order valence-corrected chi connectivity index (χ0v) is 49.6. The van der Waals surface area contributed by atoms with Crippen molar-refractivity contribution in [1.29, 1.82) is 0 Å². The summed E-state index contributed by atoms with van der Waals surface area (Å²) in [6, 6.07) is 89.4. The third-order valence-electron chi connectivity index (χ3n) is 17.6. The summed E-state index contributed by atoms with van der Waals surface area (Å²) in [6.45, 7) is 21.2. The van der Waals surface area contributed by atoms with E-state index in [1.165, 1.54) is 72.3 Å². The highest BCUT2D eigenvalue weighted by atomic mass is 16.5. The molecule has 0 N–H and O–H groups in total. The predicted octanol–water partition coefficient (Wildman–Crippen LogP) is 20.8. The van der Waals surface area contributed by atoms with Crippen LogP contribution in [0.25, 0.3) is 61.0 Å². The van der Waals surface area contributed by atoms with Crippen LogP contribution in [-0.2, 0) is 21.7 Å². The molecule has 5 heteroatoms. The van der Waals surface area contributed by atoms with Crippen LogP contribution in [0.1, 0.15) is 101 Å². The van der Waals surface area contributed by atoms with Gasteiger partial charge in [0.25, 0.3) is 0 Å². The number of pyridine rings is 1. The van der Waals surface area contributed by atoms with E-state index in [0.717, 1.165) is 61.9 Å². The summed E-state index contributed by atoms with van der Waals surface area (Å²) in [4.78, 5) is 10.2. The molecule has 2 aliphatic rings. The number of nitrogens with zero attached hydrogens (tertiary/aromatic N) is 4. The Labute approximate surface area is 495 Å². The Balaban J connectivity index is 0.896. The monoisotopic (exact) mass is 1090 g/mol. The first-order chi connectivity index (χ1) is 40.6. The molecule has 84 heavy (non-hydrogen) atoms. The molecule has 3 heterocycles. The lowest BCUT2D eigenvalue weighted by Crippen LogP contribution is -2.29. The molecule has 0 fully saturated rings. The van der Waals surface area contributed by atoms with Crippen molar-refractivity contribution in [1.82, 2.24) is 9.55 Å². The molecule has 0 spiro atoms. The summed E-state index contributed by atoms with van der Waals surface area (Å²) in [6.07, 6.45) is 2.01. The van der Waals surface area contributed by atoms with Gasteiger partial charge < -0.3 is 14.5 Å². The minimum absolute atomic E-state index is 0.0130. The average Bonchev–Trinajstić information content (AvgIpc) is 2.52. The second kappa shape index (κ2) is 19.9. The summed E-state index contributed by atoms with van der Waals surface area (Å²) in [5.74, 6) is 2.42. The smallest absolute Gasteiger partial charge is 0.137 e. The van der Waals surface area contributed by atoms with Gasteiger partial charge in [-0.05, 0) is 133 Å². The molecule has 5 nitrogen and oxygen atoms in total. The minimum atomic E-state index is -0.600. The molecular formula is C79H70N4O. The molecule has 14 rings (SSSR count). The maximum atomic E-state index is 7.35. The lowest BCUT2D eigenvalue weighted by Gasteiger charge is -2.34. The van der Waals surface area contributed by atoms with Gasteiger partial charge in [0, 0.05) is 51.5 Å². The summed E-state index contributed by atoms with van der Waals surface area (Å²) < 4.78 is 9.70. The van der Waals surface area contributed by atoms with Crippen molar-refractivity contribution in [2.75, 3.05) is 16.5 Å². The molecule has 12 aromatic rings. The van der Waals surface area contributed by atoms with Crippen molar-refractivity contribution in [3.63, 3.8) is 0 Å². The van der Waals surface area contributed by atoms with Crippen LogP contribution in [0.4, 0.5) is 22.7 Å². The first-order valence-electron chi connectivity index (χ1n) is 29.6. The van der Waals surface area contributed by atoms with Crippen LogP contribution in [0.2, 0.25) is 0 Å². The first kappa shape index (κ1) is 52.6. The van der Waals surface area contributed by atoms with Gasteiger partial charge in [0.05, 0.1) is 33.5 Å². The Morgan fingerprint density at radius 1 is 0.417 bits per heavy atom. The highest BCUT2D eigenvalue weighted by Gasteiger charge is 2.46. The van der Waals surface area contributed by atoms with Gasteiger partial charge in [0.2, 0.25) is 0 Å². The van der Waals surface area contributed by atoms with Crippen LogP contribution in [0.3, 0.4) is 0 Å². The number of hydrogen-bond acceptors (Lipinski definition) is 4. The van der Waals surface area contributed by atoms with Gasteiger partial charge in [-0.3, -0.25) is 4.57 Å². The normalized spacial score (nSPS) is 13.8. The van der Waals surface area contributed by atoms with Crippen molar-refractivity contribution in [3.05, 3.63) is 288 Å². The molecule has 0 saturated carbocycles. The van der Waals surface area contributed by atoms with E-state index in [2.05, 4.69) is 319 Å². The standard InChI is InChI=1S/C79H70N4O/c1-76(2,3)54-39-41-55(42-40-54)79(66-34-19-16-31-60(66)61-32-17-20-35-67(61)79)56-43-44-80-74(47-56)83-69-36-21-18-33-62(69)65-49-68(78(7,8)9)73(50-72(65)83)84-59-30-24-29-58(48-59)81-51-82(71-38-23-22-37-70(71)81)75-63(52-25-12-10-13-26-52)45-57(77(4,5)6)46-64(75)53-27-14-11-15-28-53/h10-50H,51H2,1-9H3. The summed E-state index contributed by atoms with van der Waals surface area (Å²) in [5, 5.41) is 2.32. The Kier molecular flexibility index (Phi) is 12.5.